The molecule has 3 nitrogen and oxygen atoms in total. The van der Waals surface area contributed by atoms with Gasteiger partial charge < -0.3 is 5.32 Å². The Bertz CT molecular complexity index is 490. The summed E-state index contributed by atoms with van der Waals surface area (Å²) in [5, 5.41) is 12.4. The van der Waals surface area contributed by atoms with Crippen LogP contribution in [0.4, 0.5) is 0 Å². The number of hydrogen-bond acceptors (Lipinski definition) is 3. The van der Waals surface area contributed by atoms with Crippen molar-refractivity contribution < 1.29 is 4.21 Å². The highest BCUT2D eigenvalue weighted by Crippen LogP contribution is 2.24. The van der Waals surface area contributed by atoms with Crippen LogP contribution in [-0.2, 0) is 10.8 Å². The van der Waals surface area contributed by atoms with Crippen LogP contribution < -0.4 is 5.32 Å². The first kappa shape index (κ1) is 12.3. The number of nitrogens with one attached hydrogen (secondary N) is 1. The van der Waals surface area contributed by atoms with Crippen LogP contribution in [0.2, 0.25) is 0 Å². The largest absolute Gasteiger partial charge is 0.303 e. The van der Waals surface area contributed by atoms with E-state index in [1.165, 1.54) is 0 Å². The molecule has 90 valence electrons. The number of hydrogen-bond donors (Lipinski definition) is 1. The Morgan fingerprint density at radius 3 is 2.94 bits per heavy atom. The first-order chi connectivity index (χ1) is 8.00. The molecule has 17 heavy (non-hydrogen) atoms. The summed E-state index contributed by atoms with van der Waals surface area (Å²) in [6.45, 7) is 4.12. The van der Waals surface area contributed by atoms with Crippen molar-refractivity contribution in [3.8, 4) is 6.07 Å². The van der Waals surface area contributed by atoms with E-state index in [4.69, 9.17) is 5.26 Å². The van der Waals surface area contributed by atoms with Gasteiger partial charge in [-0.15, -0.1) is 0 Å². The third kappa shape index (κ3) is 2.93. The quantitative estimate of drug-likeness (QED) is 0.823. The average molecular weight is 248 g/mol. The van der Waals surface area contributed by atoms with Gasteiger partial charge in [-0.2, -0.15) is 5.26 Å². The normalized spacial score (nSPS) is 27.4. The molecule has 0 spiro atoms. The minimum atomic E-state index is -0.794. The fourth-order valence-corrected chi connectivity index (χ4v) is 3.86. The maximum atomic E-state index is 11.8. The van der Waals surface area contributed by atoms with Crippen LogP contribution in [-0.4, -0.2) is 21.3 Å². The lowest BCUT2D eigenvalue weighted by Gasteiger charge is -2.36. The summed E-state index contributed by atoms with van der Waals surface area (Å²) in [5.41, 5.74) is 1.58. The highest BCUT2D eigenvalue weighted by Gasteiger charge is 2.32. The molecule has 1 N–H and O–H groups in total. The second-order valence-corrected chi connectivity index (χ2v) is 6.57. The van der Waals surface area contributed by atoms with Crippen molar-refractivity contribution in [3.05, 3.63) is 35.4 Å². The van der Waals surface area contributed by atoms with Crippen molar-refractivity contribution in [2.24, 2.45) is 0 Å². The van der Waals surface area contributed by atoms with E-state index < -0.39 is 10.8 Å². The molecule has 0 bridgehead atoms. The SMILES string of the molecule is CC1(C)CS(=O)CC(c2cccc(C#N)c2)N1. The second kappa shape index (κ2) is 4.59. The lowest BCUT2D eigenvalue weighted by molar-refractivity contribution is 0.369. The Morgan fingerprint density at radius 2 is 2.29 bits per heavy atom. The predicted molar refractivity (Wildman–Crippen MR) is 69.0 cm³/mol. The van der Waals surface area contributed by atoms with Gasteiger partial charge in [0.2, 0.25) is 0 Å². The molecule has 1 aliphatic rings. The van der Waals surface area contributed by atoms with Crippen molar-refractivity contribution in [2.45, 2.75) is 25.4 Å². The van der Waals surface area contributed by atoms with Gasteiger partial charge in [-0.25, -0.2) is 0 Å². The Labute approximate surface area is 104 Å². The molecule has 1 saturated heterocycles. The average Bonchev–Trinajstić information content (AvgIpc) is 2.26. The van der Waals surface area contributed by atoms with Crippen LogP contribution in [0.5, 0.6) is 0 Å². The van der Waals surface area contributed by atoms with Crippen molar-refractivity contribution >= 4 is 10.8 Å². The van der Waals surface area contributed by atoms with Gasteiger partial charge in [0.1, 0.15) is 0 Å². The number of nitriles is 1. The van der Waals surface area contributed by atoms with E-state index in [0.29, 0.717) is 17.1 Å². The molecular formula is C13H16N2OS. The Kier molecular flexibility index (Phi) is 3.32. The van der Waals surface area contributed by atoms with Crippen molar-refractivity contribution in [1.29, 1.82) is 5.26 Å². The lowest BCUT2D eigenvalue weighted by Crippen LogP contribution is -2.52. The molecule has 2 atom stereocenters. The standard InChI is InChI=1S/C13H16N2OS/c1-13(2)9-17(16)8-12(15-13)11-5-3-4-10(6-11)7-14/h3-6,12,15H,8-9H2,1-2H3. The van der Waals surface area contributed by atoms with Crippen molar-refractivity contribution in [1.82, 2.24) is 5.32 Å². The van der Waals surface area contributed by atoms with Gasteiger partial charge in [0.05, 0.1) is 11.6 Å². The van der Waals surface area contributed by atoms with E-state index in [1.54, 1.807) is 6.07 Å². The van der Waals surface area contributed by atoms with E-state index >= 15 is 0 Å². The van der Waals surface area contributed by atoms with Crippen LogP contribution in [0.1, 0.15) is 31.0 Å². The predicted octanol–water partition coefficient (Wildman–Crippen LogP) is 1.73. The van der Waals surface area contributed by atoms with Gasteiger partial charge in [0.25, 0.3) is 0 Å². The smallest absolute Gasteiger partial charge is 0.0991 e. The summed E-state index contributed by atoms with van der Waals surface area (Å²) in [7, 11) is -0.794. The number of rotatable bonds is 1. The van der Waals surface area contributed by atoms with Gasteiger partial charge in [-0.3, -0.25) is 4.21 Å². The van der Waals surface area contributed by atoms with Crippen molar-refractivity contribution in [2.75, 3.05) is 11.5 Å². The van der Waals surface area contributed by atoms with E-state index in [1.807, 2.05) is 18.2 Å². The number of benzene rings is 1. The minimum Gasteiger partial charge on any atom is -0.303 e. The molecule has 4 heteroatoms. The third-order valence-electron chi connectivity index (χ3n) is 2.86. The first-order valence-electron chi connectivity index (χ1n) is 5.63. The fourth-order valence-electron chi connectivity index (χ4n) is 2.21. The van der Waals surface area contributed by atoms with Gasteiger partial charge in [0.15, 0.2) is 0 Å². The zero-order valence-corrected chi connectivity index (χ0v) is 10.9. The molecule has 0 amide bonds. The molecule has 2 rings (SSSR count). The van der Waals surface area contributed by atoms with E-state index in [9.17, 15) is 4.21 Å². The van der Waals surface area contributed by atoms with Crippen LogP contribution in [0, 0.1) is 11.3 Å². The second-order valence-electron chi connectivity index (χ2n) is 5.07. The van der Waals surface area contributed by atoms with E-state index in [2.05, 4.69) is 25.2 Å². The highest BCUT2D eigenvalue weighted by molar-refractivity contribution is 7.85. The van der Waals surface area contributed by atoms with Gasteiger partial charge in [-0.05, 0) is 31.5 Å². The van der Waals surface area contributed by atoms with Gasteiger partial charge in [-0.1, -0.05) is 12.1 Å². The Morgan fingerprint density at radius 1 is 1.53 bits per heavy atom. The molecule has 0 aliphatic carbocycles. The molecule has 1 aliphatic heterocycles. The molecular weight excluding hydrogens is 232 g/mol. The monoisotopic (exact) mass is 248 g/mol. The van der Waals surface area contributed by atoms with Gasteiger partial charge >= 0.3 is 0 Å². The summed E-state index contributed by atoms with van der Waals surface area (Å²) >= 11 is 0. The summed E-state index contributed by atoms with van der Waals surface area (Å²) in [6.07, 6.45) is 0. The van der Waals surface area contributed by atoms with Crippen LogP contribution >= 0.6 is 0 Å². The molecule has 1 aromatic rings. The van der Waals surface area contributed by atoms with E-state index in [-0.39, 0.29) is 11.6 Å². The first-order valence-corrected chi connectivity index (χ1v) is 7.12. The molecule has 0 saturated carbocycles. The zero-order chi connectivity index (χ0) is 12.5. The molecule has 1 heterocycles. The maximum Gasteiger partial charge on any atom is 0.0991 e. The summed E-state index contributed by atoms with van der Waals surface area (Å²) in [6, 6.07) is 9.73. The number of nitrogens with zero attached hydrogens (tertiary/aromatic N) is 1. The van der Waals surface area contributed by atoms with Crippen LogP contribution in [0.15, 0.2) is 24.3 Å². The van der Waals surface area contributed by atoms with Crippen LogP contribution in [0.3, 0.4) is 0 Å². The van der Waals surface area contributed by atoms with Gasteiger partial charge in [0, 0.05) is 33.9 Å². The Hall–Kier alpha value is -1.18. The molecule has 1 aromatic carbocycles. The molecule has 0 aromatic heterocycles. The van der Waals surface area contributed by atoms with Crippen LogP contribution in [0.25, 0.3) is 0 Å². The summed E-state index contributed by atoms with van der Waals surface area (Å²) in [4.78, 5) is 0. The minimum absolute atomic E-state index is 0.0767. The summed E-state index contributed by atoms with van der Waals surface area (Å²) < 4.78 is 11.8. The molecule has 1 fully saturated rings. The third-order valence-corrected chi connectivity index (χ3v) is 4.61. The van der Waals surface area contributed by atoms with E-state index in [0.717, 1.165) is 5.56 Å². The maximum absolute atomic E-state index is 11.8. The summed E-state index contributed by atoms with van der Waals surface area (Å²) in [5.74, 6) is 1.31. The zero-order valence-electron chi connectivity index (χ0n) is 10.1. The Balaban J connectivity index is 2.27. The fraction of sp³-hybridized carbons (Fsp3) is 0.462. The lowest BCUT2D eigenvalue weighted by atomic mass is 10.0. The van der Waals surface area contributed by atoms with Crippen molar-refractivity contribution in [3.63, 3.8) is 0 Å². The molecule has 0 radical (unpaired) electrons. The topological polar surface area (TPSA) is 52.9 Å². The molecule has 2 unspecified atom stereocenters. The highest BCUT2D eigenvalue weighted by atomic mass is 32.2.